The molecule has 2 aliphatic rings. The van der Waals surface area contributed by atoms with Gasteiger partial charge in [-0.25, -0.2) is 9.97 Å². The summed E-state index contributed by atoms with van der Waals surface area (Å²) >= 11 is 0. The van der Waals surface area contributed by atoms with E-state index in [2.05, 4.69) is 49.8 Å². The van der Waals surface area contributed by atoms with Crippen molar-refractivity contribution in [1.29, 1.82) is 0 Å². The standard InChI is InChI=1S/C26H33N7O2/c1-2-3-24(34)33-13-11-32(12-14-33)20-6-4-19(5-7-20)22-16-23-25(29-9-8-28-23)26(31-22)30-18-21-17-27-10-15-35-21/h4-9,16,21,27H,2-3,10-15,17-18H2,1H3,(H,30,31)/t21-/m0/s1. The number of aromatic nitrogens is 3. The van der Waals surface area contributed by atoms with Crippen LogP contribution in [0.15, 0.2) is 42.7 Å². The van der Waals surface area contributed by atoms with Crippen molar-refractivity contribution in [2.45, 2.75) is 25.9 Å². The Morgan fingerprint density at radius 1 is 1.14 bits per heavy atom. The lowest BCUT2D eigenvalue weighted by atomic mass is 10.1. The van der Waals surface area contributed by atoms with Gasteiger partial charge in [-0.2, -0.15) is 0 Å². The second-order valence-corrected chi connectivity index (χ2v) is 9.02. The molecule has 9 nitrogen and oxygen atoms in total. The lowest BCUT2D eigenvalue weighted by Crippen LogP contribution is -2.48. The highest BCUT2D eigenvalue weighted by atomic mass is 16.5. The van der Waals surface area contributed by atoms with E-state index in [4.69, 9.17) is 9.72 Å². The Morgan fingerprint density at radius 2 is 1.94 bits per heavy atom. The number of ether oxygens (including phenoxy) is 1. The summed E-state index contributed by atoms with van der Waals surface area (Å²) in [7, 11) is 0. The molecule has 0 bridgehead atoms. The molecule has 184 valence electrons. The number of nitrogens with zero attached hydrogens (tertiary/aromatic N) is 5. The molecular formula is C26H33N7O2. The zero-order chi connectivity index (χ0) is 24.0. The first-order valence-electron chi connectivity index (χ1n) is 12.5. The molecule has 2 aromatic heterocycles. The molecule has 2 N–H and O–H groups in total. The maximum atomic E-state index is 12.2. The van der Waals surface area contributed by atoms with Gasteiger partial charge in [0.15, 0.2) is 5.82 Å². The van der Waals surface area contributed by atoms with Gasteiger partial charge in [-0.1, -0.05) is 19.1 Å². The molecule has 4 heterocycles. The average Bonchev–Trinajstić information content (AvgIpc) is 2.92. The molecule has 1 aromatic carbocycles. The normalized spacial score (nSPS) is 18.6. The lowest BCUT2D eigenvalue weighted by molar-refractivity contribution is -0.131. The Kier molecular flexibility index (Phi) is 7.34. The molecule has 0 spiro atoms. The molecule has 1 atom stereocenters. The molecule has 3 aromatic rings. The van der Waals surface area contributed by atoms with Crippen molar-refractivity contribution >= 4 is 28.4 Å². The quantitative estimate of drug-likeness (QED) is 0.538. The number of nitrogens with one attached hydrogen (secondary N) is 2. The van der Waals surface area contributed by atoms with Gasteiger partial charge in [0.05, 0.1) is 23.9 Å². The predicted octanol–water partition coefficient (Wildman–Crippen LogP) is 2.54. The number of anilines is 2. The number of morpholine rings is 1. The minimum atomic E-state index is 0.0953. The van der Waals surface area contributed by atoms with Gasteiger partial charge in [-0.05, 0) is 24.6 Å². The zero-order valence-electron chi connectivity index (χ0n) is 20.2. The minimum Gasteiger partial charge on any atom is -0.374 e. The van der Waals surface area contributed by atoms with Crippen LogP contribution >= 0.6 is 0 Å². The summed E-state index contributed by atoms with van der Waals surface area (Å²) in [5, 5.41) is 6.79. The Labute approximate surface area is 205 Å². The van der Waals surface area contributed by atoms with Gasteiger partial charge >= 0.3 is 0 Å². The molecule has 0 unspecified atom stereocenters. The number of piperazine rings is 1. The van der Waals surface area contributed by atoms with E-state index in [0.717, 1.165) is 86.1 Å². The molecular weight excluding hydrogens is 442 g/mol. The van der Waals surface area contributed by atoms with Gasteiger partial charge < -0.3 is 25.2 Å². The molecule has 35 heavy (non-hydrogen) atoms. The molecule has 2 aliphatic heterocycles. The fourth-order valence-electron chi connectivity index (χ4n) is 4.63. The SMILES string of the molecule is CCCC(=O)N1CCN(c2ccc(-c3cc4nccnc4c(NC[C@@H]4CNCCO4)n3)cc2)CC1. The van der Waals surface area contributed by atoms with Crippen molar-refractivity contribution < 1.29 is 9.53 Å². The number of rotatable bonds is 7. The van der Waals surface area contributed by atoms with Crippen LogP contribution in [0.4, 0.5) is 11.5 Å². The summed E-state index contributed by atoms with van der Waals surface area (Å²) in [5.74, 6) is 0.986. The summed E-state index contributed by atoms with van der Waals surface area (Å²) in [5.41, 5.74) is 4.60. The molecule has 9 heteroatoms. The summed E-state index contributed by atoms with van der Waals surface area (Å²) in [4.78, 5) is 30.4. The van der Waals surface area contributed by atoms with Crippen LogP contribution in [-0.4, -0.2) is 84.3 Å². The second kappa shape index (κ2) is 11.0. The van der Waals surface area contributed by atoms with Gasteiger partial charge in [-0.3, -0.25) is 9.78 Å². The number of benzene rings is 1. The monoisotopic (exact) mass is 475 g/mol. The number of hydrogen-bond acceptors (Lipinski definition) is 8. The van der Waals surface area contributed by atoms with Crippen molar-refractivity contribution in [3.05, 3.63) is 42.7 Å². The van der Waals surface area contributed by atoms with E-state index >= 15 is 0 Å². The third-order valence-corrected chi connectivity index (χ3v) is 6.58. The fourth-order valence-corrected chi connectivity index (χ4v) is 4.63. The zero-order valence-corrected chi connectivity index (χ0v) is 20.2. The van der Waals surface area contributed by atoms with Crippen LogP contribution in [0.2, 0.25) is 0 Å². The van der Waals surface area contributed by atoms with E-state index in [9.17, 15) is 4.79 Å². The molecule has 0 saturated carbocycles. The van der Waals surface area contributed by atoms with Crippen molar-refractivity contribution in [1.82, 2.24) is 25.2 Å². The number of carbonyl (C=O) groups excluding carboxylic acids is 1. The van der Waals surface area contributed by atoms with Crippen LogP contribution in [0.5, 0.6) is 0 Å². The minimum absolute atomic E-state index is 0.0953. The van der Waals surface area contributed by atoms with Gasteiger partial charge in [0, 0.05) is 75.9 Å². The summed E-state index contributed by atoms with van der Waals surface area (Å²) in [6.45, 7) is 8.39. The molecule has 5 rings (SSSR count). The van der Waals surface area contributed by atoms with E-state index in [1.807, 2.05) is 17.9 Å². The van der Waals surface area contributed by atoms with E-state index < -0.39 is 0 Å². The Bertz CT molecular complexity index is 1140. The van der Waals surface area contributed by atoms with Crippen LogP contribution < -0.4 is 15.5 Å². The van der Waals surface area contributed by atoms with E-state index in [1.54, 1.807) is 12.4 Å². The highest BCUT2D eigenvalue weighted by Gasteiger charge is 2.21. The lowest BCUT2D eigenvalue weighted by Gasteiger charge is -2.36. The number of amides is 1. The Morgan fingerprint density at radius 3 is 2.69 bits per heavy atom. The largest absolute Gasteiger partial charge is 0.374 e. The first-order chi connectivity index (χ1) is 17.2. The third kappa shape index (κ3) is 5.52. The van der Waals surface area contributed by atoms with Crippen molar-refractivity contribution in [2.75, 3.05) is 62.6 Å². The van der Waals surface area contributed by atoms with Crippen LogP contribution in [0.25, 0.3) is 22.3 Å². The van der Waals surface area contributed by atoms with E-state index in [0.29, 0.717) is 13.0 Å². The van der Waals surface area contributed by atoms with E-state index in [1.165, 1.54) is 0 Å². The number of fused-ring (bicyclic) bond motifs is 1. The summed E-state index contributed by atoms with van der Waals surface area (Å²) in [6, 6.07) is 10.5. The van der Waals surface area contributed by atoms with Crippen LogP contribution in [0.3, 0.4) is 0 Å². The van der Waals surface area contributed by atoms with Crippen molar-refractivity contribution in [3.8, 4) is 11.3 Å². The third-order valence-electron chi connectivity index (χ3n) is 6.58. The Balaban J connectivity index is 1.30. The number of pyridine rings is 1. The van der Waals surface area contributed by atoms with Crippen molar-refractivity contribution in [3.63, 3.8) is 0 Å². The molecule has 0 radical (unpaired) electrons. The smallest absolute Gasteiger partial charge is 0.222 e. The van der Waals surface area contributed by atoms with E-state index in [-0.39, 0.29) is 12.0 Å². The first-order valence-corrected chi connectivity index (χ1v) is 12.5. The van der Waals surface area contributed by atoms with Gasteiger partial charge in [0.2, 0.25) is 5.91 Å². The molecule has 1 amide bonds. The van der Waals surface area contributed by atoms with Crippen LogP contribution in [0.1, 0.15) is 19.8 Å². The van der Waals surface area contributed by atoms with Crippen LogP contribution in [-0.2, 0) is 9.53 Å². The van der Waals surface area contributed by atoms with Gasteiger partial charge in [0.25, 0.3) is 0 Å². The van der Waals surface area contributed by atoms with Gasteiger partial charge in [0.1, 0.15) is 5.52 Å². The fraction of sp³-hybridized carbons (Fsp3) is 0.462. The van der Waals surface area contributed by atoms with Crippen molar-refractivity contribution in [2.24, 2.45) is 0 Å². The summed E-state index contributed by atoms with van der Waals surface area (Å²) < 4.78 is 5.81. The number of carbonyl (C=O) groups is 1. The maximum absolute atomic E-state index is 12.2. The second-order valence-electron chi connectivity index (χ2n) is 9.02. The molecule has 2 fully saturated rings. The predicted molar refractivity (Wildman–Crippen MR) is 138 cm³/mol. The Hall–Kier alpha value is -3.30. The highest BCUT2D eigenvalue weighted by molar-refractivity contribution is 5.88. The highest BCUT2D eigenvalue weighted by Crippen LogP contribution is 2.27. The number of hydrogen-bond donors (Lipinski definition) is 2. The molecule has 2 saturated heterocycles. The summed E-state index contributed by atoms with van der Waals surface area (Å²) in [6.07, 6.45) is 5.03. The topological polar surface area (TPSA) is 95.5 Å². The average molecular weight is 476 g/mol. The van der Waals surface area contributed by atoms with Crippen LogP contribution in [0, 0.1) is 0 Å². The first kappa shape index (κ1) is 23.4. The van der Waals surface area contributed by atoms with Gasteiger partial charge in [-0.15, -0.1) is 0 Å². The molecule has 0 aliphatic carbocycles. The maximum Gasteiger partial charge on any atom is 0.222 e.